The van der Waals surface area contributed by atoms with Crippen molar-refractivity contribution < 1.29 is 14.5 Å². The van der Waals surface area contributed by atoms with Crippen molar-refractivity contribution >= 4 is 11.8 Å². The maximum absolute atomic E-state index is 11.7. The molecule has 0 aliphatic carbocycles. The lowest BCUT2D eigenvalue weighted by atomic mass is 10.0. The van der Waals surface area contributed by atoms with Gasteiger partial charge in [0.15, 0.2) is 0 Å². The summed E-state index contributed by atoms with van der Waals surface area (Å²) in [7, 11) is 0. The predicted molar refractivity (Wildman–Crippen MR) is 76.0 cm³/mol. The van der Waals surface area contributed by atoms with Crippen molar-refractivity contribution in [2.75, 3.05) is 6.61 Å². The van der Waals surface area contributed by atoms with Crippen molar-refractivity contribution in [3.63, 3.8) is 0 Å². The molecule has 0 fully saturated rings. The Morgan fingerprint density at radius 1 is 1.43 bits per heavy atom. The largest absolute Gasteiger partial charge is 0.460 e. The molecule has 0 atom stereocenters. The maximum atomic E-state index is 11.7. The second-order valence-electron chi connectivity index (χ2n) is 4.31. The number of aromatic nitrogens is 2. The number of nitrogens with zero attached hydrogens (tertiary/aromatic N) is 2. The van der Waals surface area contributed by atoms with Crippen LogP contribution in [0.3, 0.4) is 0 Å². The summed E-state index contributed by atoms with van der Waals surface area (Å²) in [6, 6.07) is 3.15. The van der Waals surface area contributed by atoms with E-state index in [0.717, 1.165) is 5.56 Å². The van der Waals surface area contributed by atoms with Crippen LogP contribution in [0.5, 0.6) is 0 Å². The third kappa shape index (κ3) is 2.91. The summed E-state index contributed by atoms with van der Waals surface area (Å²) in [6.07, 6.45) is 3.91. The number of hydrogen-bond acceptors (Lipinski definition) is 5. The third-order valence-corrected chi connectivity index (χ3v) is 3.05. The zero-order valence-corrected chi connectivity index (χ0v) is 11.8. The second kappa shape index (κ2) is 6.17. The van der Waals surface area contributed by atoms with E-state index in [1.54, 1.807) is 25.4 Å². The van der Waals surface area contributed by atoms with Crippen LogP contribution in [-0.2, 0) is 11.2 Å². The minimum atomic E-state index is -0.612. The Hall–Kier alpha value is -2.70. The van der Waals surface area contributed by atoms with Gasteiger partial charge in [-0.05, 0) is 35.5 Å². The summed E-state index contributed by atoms with van der Waals surface area (Å²) in [6.45, 7) is 3.82. The minimum absolute atomic E-state index is 0.0671. The Labute approximate surface area is 121 Å². The number of nitro groups is 1. The van der Waals surface area contributed by atoms with Crippen LogP contribution in [-0.4, -0.2) is 27.5 Å². The van der Waals surface area contributed by atoms with Crippen LogP contribution < -0.4 is 0 Å². The number of esters is 1. The number of pyridine rings is 1. The lowest BCUT2D eigenvalue weighted by Crippen LogP contribution is -2.04. The number of aromatic amines is 1. The van der Waals surface area contributed by atoms with Crippen LogP contribution in [0.1, 0.15) is 29.9 Å². The van der Waals surface area contributed by atoms with Crippen LogP contribution >= 0.6 is 0 Å². The van der Waals surface area contributed by atoms with Gasteiger partial charge in [0, 0.05) is 18.5 Å². The molecule has 0 bridgehead atoms. The highest BCUT2D eigenvalue weighted by molar-refractivity contribution is 5.91. The van der Waals surface area contributed by atoms with Crippen molar-refractivity contribution in [3.05, 3.63) is 45.9 Å². The van der Waals surface area contributed by atoms with Crippen LogP contribution in [0.15, 0.2) is 24.5 Å². The molecule has 0 radical (unpaired) electrons. The molecule has 0 saturated carbocycles. The van der Waals surface area contributed by atoms with Gasteiger partial charge in [0.25, 0.3) is 0 Å². The van der Waals surface area contributed by atoms with E-state index >= 15 is 0 Å². The molecular formula is C14H15N3O4. The average molecular weight is 289 g/mol. The monoisotopic (exact) mass is 289 g/mol. The molecular weight excluding hydrogens is 274 g/mol. The smallest absolute Gasteiger partial charge is 0.378 e. The fourth-order valence-electron chi connectivity index (χ4n) is 2.08. The first-order valence-corrected chi connectivity index (χ1v) is 6.56. The average Bonchev–Trinajstić information content (AvgIpc) is 2.92. The zero-order valence-electron chi connectivity index (χ0n) is 11.8. The molecule has 7 heteroatoms. The van der Waals surface area contributed by atoms with Gasteiger partial charge in [-0.25, -0.2) is 9.78 Å². The standard InChI is InChI=1S/C14H15N3O4/c1-3-9-8-15-6-5-10(9)11-7-12(14(18)21-4-2)16-13(11)17(19)20/h5-8,16H,3-4H2,1-2H3. The van der Waals surface area contributed by atoms with Gasteiger partial charge in [0.05, 0.1) is 12.2 Å². The van der Waals surface area contributed by atoms with E-state index in [0.29, 0.717) is 17.5 Å². The number of nitrogens with one attached hydrogen (secondary N) is 1. The lowest BCUT2D eigenvalue weighted by Gasteiger charge is -2.04. The molecule has 7 nitrogen and oxygen atoms in total. The van der Waals surface area contributed by atoms with Crippen LogP contribution in [0, 0.1) is 10.1 Å². The van der Waals surface area contributed by atoms with E-state index in [-0.39, 0.29) is 18.1 Å². The Morgan fingerprint density at radius 2 is 2.19 bits per heavy atom. The number of aryl methyl sites for hydroxylation is 1. The first kappa shape index (κ1) is 14.7. The molecule has 0 amide bonds. The molecule has 0 aliphatic heterocycles. The number of carbonyl (C=O) groups is 1. The number of carbonyl (C=O) groups excluding carboxylic acids is 1. The summed E-state index contributed by atoms with van der Waals surface area (Å²) < 4.78 is 4.86. The highest BCUT2D eigenvalue weighted by atomic mass is 16.6. The number of ether oxygens (including phenoxy) is 1. The fraction of sp³-hybridized carbons (Fsp3) is 0.286. The number of hydrogen-bond donors (Lipinski definition) is 1. The molecule has 0 spiro atoms. The van der Waals surface area contributed by atoms with E-state index in [4.69, 9.17) is 4.74 Å². The Balaban J connectivity index is 2.56. The highest BCUT2D eigenvalue weighted by Crippen LogP contribution is 2.32. The topological polar surface area (TPSA) is 98.1 Å². The van der Waals surface area contributed by atoms with Gasteiger partial charge in [0.1, 0.15) is 0 Å². The number of rotatable bonds is 5. The van der Waals surface area contributed by atoms with Gasteiger partial charge in [-0.3, -0.25) is 4.98 Å². The lowest BCUT2D eigenvalue weighted by molar-refractivity contribution is -0.388. The summed E-state index contributed by atoms with van der Waals surface area (Å²) >= 11 is 0. The Morgan fingerprint density at radius 3 is 2.81 bits per heavy atom. The molecule has 110 valence electrons. The van der Waals surface area contributed by atoms with Crippen LogP contribution in [0.4, 0.5) is 5.82 Å². The molecule has 2 aromatic heterocycles. The molecule has 2 heterocycles. The van der Waals surface area contributed by atoms with Gasteiger partial charge in [-0.1, -0.05) is 6.92 Å². The minimum Gasteiger partial charge on any atom is -0.460 e. The van der Waals surface area contributed by atoms with Crippen LogP contribution in [0.2, 0.25) is 0 Å². The van der Waals surface area contributed by atoms with E-state index in [9.17, 15) is 14.9 Å². The fourth-order valence-corrected chi connectivity index (χ4v) is 2.08. The number of H-pyrrole nitrogens is 1. The molecule has 0 aromatic carbocycles. The molecule has 2 aromatic rings. The van der Waals surface area contributed by atoms with E-state index in [2.05, 4.69) is 9.97 Å². The quantitative estimate of drug-likeness (QED) is 0.518. The molecule has 0 unspecified atom stereocenters. The van der Waals surface area contributed by atoms with Crippen molar-refractivity contribution in [2.24, 2.45) is 0 Å². The van der Waals surface area contributed by atoms with Crippen LogP contribution in [0.25, 0.3) is 11.1 Å². The molecule has 0 aliphatic rings. The van der Waals surface area contributed by atoms with Gasteiger partial charge in [0.2, 0.25) is 5.69 Å². The summed E-state index contributed by atoms with van der Waals surface area (Å²) in [5.74, 6) is -0.835. The van der Waals surface area contributed by atoms with Crippen molar-refractivity contribution in [3.8, 4) is 11.1 Å². The first-order chi connectivity index (χ1) is 10.1. The van der Waals surface area contributed by atoms with E-state index in [1.807, 2.05) is 6.92 Å². The second-order valence-corrected chi connectivity index (χ2v) is 4.31. The Bertz CT molecular complexity index is 679. The molecule has 0 saturated heterocycles. The first-order valence-electron chi connectivity index (χ1n) is 6.56. The molecule has 21 heavy (non-hydrogen) atoms. The summed E-state index contributed by atoms with van der Waals surface area (Å²) in [5.41, 5.74) is 1.99. The van der Waals surface area contributed by atoms with Gasteiger partial charge >= 0.3 is 11.8 Å². The molecule has 1 N–H and O–H groups in total. The predicted octanol–water partition coefficient (Wildman–Crippen LogP) is 2.72. The van der Waals surface area contributed by atoms with Gasteiger partial charge in [-0.2, -0.15) is 0 Å². The zero-order chi connectivity index (χ0) is 15.4. The van der Waals surface area contributed by atoms with E-state index in [1.165, 1.54) is 6.07 Å². The van der Waals surface area contributed by atoms with Gasteiger partial charge in [-0.15, -0.1) is 0 Å². The summed E-state index contributed by atoms with van der Waals surface area (Å²) in [4.78, 5) is 28.9. The SMILES string of the molecule is CCOC(=O)c1cc(-c2ccncc2CC)c([N+](=O)[O-])[nH]1. The molecule has 2 rings (SSSR count). The van der Waals surface area contributed by atoms with Crippen molar-refractivity contribution in [1.29, 1.82) is 0 Å². The Kier molecular flexibility index (Phi) is 4.32. The van der Waals surface area contributed by atoms with E-state index < -0.39 is 10.9 Å². The van der Waals surface area contributed by atoms with Crippen molar-refractivity contribution in [2.45, 2.75) is 20.3 Å². The van der Waals surface area contributed by atoms with Gasteiger partial charge < -0.3 is 14.9 Å². The third-order valence-electron chi connectivity index (χ3n) is 3.05. The van der Waals surface area contributed by atoms with Crippen molar-refractivity contribution in [1.82, 2.24) is 9.97 Å². The summed E-state index contributed by atoms with van der Waals surface area (Å²) in [5, 5.41) is 11.2. The highest BCUT2D eigenvalue weighted by Gasteiger charge is 2.25. The maximum Gasteiger partial charge on any atom is 0.378 e. The normalized spacial score (nSPS) is 10.4.